The molecule has 2 saturated heterocycles. The fourth-order valence-corrected chi connectivity index (χ4v) is 8.82. The lowest BCUT2D eigenvalue weighted by Gasteiger charge is -2.47. The average molecular weight is 644 g/mol. The van der Waals surface area contributed by atoms with Gasteiger partial charge in [-0.1, -0.05) is 6.08 Å². The van der Waals surface area contributed by atoms with Gasteiger partial charge in [-0.2, -0.15) is 5.10 Å². The molecule has 0 bridgehead atoms. The quantitative estimate of drug-likeness (QED) is 0.492. The highest BCUT2D eigenvalue weighted by atomic mass is 19.1. The van der Waals surface area contributed by atoms with Crippen molar-refractivity contribution >= 4 is 11.6 Å². The summed E-state index contributed by atoms with van der Waals surface area (Å²) in [6.45, 7) is 3.79. The molecule has 2 aromatic rings. The molecule has 1 saturated carbocycles. The number of amides is 1. The summed E-state index contributed by atoms with van der Waals surface area (Å²) in [5.74, 6) is 0.741. The standard InChI is InChI=1S/C35H44FN8O3/c1-41(2)33(45)29-15-26-20-42(11-5-13-44(26)40-29)31-16-32(46-22-38-35-10-4-12-43(35)19-24(36)17-35)39-30-18-34(47-21-27(30)31)9-3-6-23-7-8-25(37)14-28(23)34/h8,14-16,23-24H,3-7,9-13,17-21,37H2,1-2H3/q+1/t23?,24-,34+,35?/m1/s1. The maximum Gasteiger partial charge on any atom is 0.524 e. The Morgan fingerprint density at radius 2 is 2.11 bits per heavy atom. The first-order valence-electron chi connectivity index (χ1n) is 17.1. The van der Waals surface area contributed by atoms with Crippen LogP contribution in [0.15, 0.2) is 35.6 Å². The number of carbonyl (C=O) groups excluding carboxylic acids is 1. The maximum atomic E-state index is 14.4. The lowest BCUT2D eigenvalue weighted by molar-refractivity contribution is -0.0641. The number of aromatic nitrogens is 3. The molecule has 2 N–H and O–H groups in total. The van der Waals surface area contributed by atoms with Gasteiger partial charge in [0.15, 0.2) is 5.69 Å². The van der Waals surface area contributed by atoms with Gasteiger partial charge in [-0.25, -0.2) is 14.3 Å². The Morgan fingerprint density at radius 1 is 1.21 bits per heavy atom. The summed E-state index contributed by atoms with van der Waals surface area (Å²) in [7, 11) is 3.48. The van der Waals surface area contributed by atoms with Crippen LogP contribution >= 0.6 is 0 Å². The van der Waals surface area contributed by atoms with E-state index in [9.17, 15) is 9.18 Å². The van der Waals surface area contributed by atoms with E-state index in [0.29, 0.717) is 50.0 Å². The molecule has 2 aliphatic carbocycles. The first kappa shape index (κ1) is 30.4. The van der Waals surface area contributed by atoms with Gasteiger partial charge in [-0.3, -0.25) is 9.48 Å². The van der Waals surface area contributed by atoms with E-state index in [2.05, 4.69) is 33.3 Å². The fraction of sp³-hybridized carbons (Fsp3) is 0.600. The van der Waals surface area contributed by atoms with Crippen LogP contribution in [0.4, 0.5) is 10.1 Å². The Balaban J connectivity index is 1.15. The number of nitrogens with two attached hydrogens (primary N) is 1. The number of nitrogens with zero attached hydrogens (tertiary/aromatic N) is 7. The van der Waals surface area contributed by atoms with Gasteiger partial charge < -0.3 is 25.0 Å². The van der Waals surface area contributed by atoms with Crippen LogP contribution < -0.4 is 15.4 Å². The number of pyridine rings is 1. The minimum Gasteiger partial charge on any atom is -0.399 e. The second kappa shape index (κ2) is 11.6. The van der Waals surface area contributed by atoms with E-state index < -0.39 is 17.4 Å². The molecule has 11 nitrogen and oxygen atoms in total. The van der Waals surface area contributed by atoms with Gasteiger partial charge in [0.1, 0.15) is 6.17 Å². The van der Waals surface area contributed by atoms with Crippen LogP contribution in [0.25, 0.3) is 4.85 Å². The lowest BCUT2D eigenvalue weighted by Crippen LogP contribution is -2.46. The molecule has 1 spiro atoms. The zero-order chi connectivity index (χ0) is 32.3. The molecule has 0 aromatic carbocycles. The van der Waals surface area contributed by atoms with E-state index >= 15 is 0 Å². The topological polar surface area (TPSA) is 106 Å². The van der Waals surface area contributed by atoms with Crippen LogP contribution in [-0.4, -0.2) is 81.6 Å². The van der Waals surface area contributed by atoms with Crippen molar-refractivity contribution in [3.8, 4) is 12.1 Å². The van der Waals surface area contributed by atoms with Gasteiger partial charge >= 0.3 is 11.9 Å². The van der Waals surface area contributed by atoms with E-state index in [0.717, 1.165) is 92.9 Å². The molecule has 2 aromatic heterocycles. The van der Waals surface area contributed by atoms with Gasteiger partial charge in [0.05, 0.1) is 36.6 Å². The Labute approximate surface area is 275 Å². The molecule has 12 heteroatoms. The molecule has 4 atom stereocenters. The molecule has 6 aliphatic rings. The summed E-state index contributed by atoms with van der Waals surface area (Å²) in [6.07, 6.45) is 14.0. The number of allylic oxidation sites excluding steroid dienone is 2. The van der Waals surface area contributed by atoms with Crippen LogP contribution in [0.2, 0.25) is 0 Å². The normalized spacial score (nSPS) is 29.8. The molecule has 1 amide bonds. The first-order valence-corrected chi connectivity index (χ1v) is 17.1. The van der Waals surface area contributed by atoms with E-state index in [-0.39, 0.29) is 5.91 Å². The second-order valence-corrected chi connectivity index (χ2v) is 14.4. The van der Waals surface area contributed by atoms with Crippen molar-refractivity contribution in [2.24, 2.45) is 11.7 Å². The molecule has 248 valence electrons. The molecular weight excluding hydrogens is 599 g/mol. The molecule has 3 fully saturated rings. The molecule has 0 radical (unpaired) electrons. The number of ether oxygens (including phenoxy) is 2. The van der Waals surface area contributed by atoms with E-state index in [1.165, 1.54) is 5.57 Å². The van der Waals surface area contributed by atoms with Gasteiger partial charge in [-0.05, 0) is 67.0 Å². The highest BCUT2D eigenvalue weighted by Gasteiger charge is 2.58. The van der Waals surface area contributed by atoms with E-state index in [1.54, 1.807) is 19.0 Å². The molecule has 4 aliphatic heterocycles. The summed E-state index contributed by atoms with van der Waals surface area (Å²) in [5.41, 5.74) is 11.8. The summed E-state index contributed by atoms with van der Waals surface area (Å²) >= 11 is 0. The highest BCUT2D eigenvalue weighted by Crippen LogP contribution is 2.49. The Bertz CT molecular complexity index is 1720. The third-order valence-corrected chi connectivity index (χ3v) is 11.1. The van der Waals surface area contributed by atoms with Gasteiger partial charge in [0.25, 0.3) is 5.91 Å². The van der Waals surface area contributed by atoms with Crippen LogP contribution in [0.5, 0.6) is 5.88 Å². The minimum absolute atomic E-state index is 0.109. The smallest absolute Gasteiger partial charge is 0.399 e. The summed E-state index contributed by atoms with van der Waals surface area (Å²) in [4.78, 5) is 28.5. The molecule has 6 heterocycles. The zero-order valence-corrected chi connectivity index (χ0v) is 27.4. The SMILES string of the molecule is CN(C)C(=O)c1cc2n(n1)CCCN(c1cc(OC#[N+]C34CCCN3C[C@H](F)C4)nc3c1CO[C@@]1(CCCC4CC=C(N)C=C41)C3)C2. The van der Waals surface area contributed by atoms with Crippen LogP contribution in [0.1, 0.15) is 78.8 Å². The fourth-order valence-electron chi connectivity index (χ4n) is 8.82. The first-order chi connectivity index (χ1) is 22.7. The van der Waals surface area contributed by atoms with Crippen molar-refractivity contribution < 1.29 is 18.7 Å². The average Bonchev–Trinajstić information content (AvgIpc) is 3.67. The van der Waals surface area contributed by atoms with Gasteiger partial charge in [0.2, 0.25) is 5.88 Å². The number of rotatable bonds is 3. The van der Waals surface area contributed by atoms with Crippen molar-refractivity contribution in [3.63, 3.8) is 0 Å². The van der Waals surface area contributed by atoms with Gasteiger partial charge in [-0.15, -0.1) is 0 Å². The van der Waals surface area contributed by atoms with Crippen molar-refractivity contribution in [1.82, 2.24) is 24.6 Å². The predicted molar refractivity (Wildman–Crippen MR) is 175 cm³/mol. The molecular formula is C35H44FN8O3+. The number of halogens is 1. The summed E-state index contributed by atoms with van der Waals surface area (Å²) in [6, 6.07) is 3.86. The molecule has 2 unspecified atom stereocenters. The number of alkyl halides is 1. The Kier molecular flexibility index (Phi) is 7.52. The number of hydrogen-bond donors (Lipinski definition) is 1. The predicted octanol–water partition coefficient (Wildman–Crippen LogP) is 4.38. The van der Waals surface area contributed by atoms with Crippen molar-refractivity contribution in [1.29, 1.82) is 0 Å². The number of anilines is 1. The monoisotopic (exact) mass is 643 g/mol. The second-order valence-electron chi connectivity index (χ2n) is 14.4. The van der Waals surface area contributed by atoms with Crippen molar-refractivity contribution in [2.75, 3.05) is 38.6 Å². The zero-order valence-electron chi connectivity index (χ0n) is 27.4. The number of hydrogen-bond acceptors (Lipinski definition) is 8. The highest BCUT2D eigenvalue weighted by molar-refractivity contribution is 5.92. The minimum atomic E-state index is -0.882. The number of aryl methyl sites for hydroxylation is 1. The maximum absolute atomic E-state index is 14.4. The number of carbonyl (C=O) groups is 1. The lowest BCUT2D eigenvalue weighted by atomic mass is 9.67. The largest absolute Gasteiger partial charge is 0.524 e. The van der Waals surface area contributed by atoms with E-state index in [1.807, 2.05) is 16.8 Å². The van der Waals surface area contributed by atoms with Gasteiger partial charge in [0, 0.05) is 76.1 Å². The van der Waals surface area contributed by atoms with Crippen LogP contribution in [-0.2, 0) is 30.9 Å². The number of fused-ring (bicyclic) bond motifs is 5. The Hall–Kier alpha value is -3.95. The van der Waals surface area contributed by atoms with Crippen LogP contribution in [0, 0.1) is 12.2 Å². The third kappa shape index (κ3) is 5.37. The van der Waals surface area contributed by atoms with Crippen molar-refractivity contribution in [2.45, 2.75) is 94.9 Å². The third-order valence-electron chi connectivity index (χ3n) is 11.1. The summed E-state index contributed by atoms with van der Waals surface area (Å²) < 4.78 is 29.3. The Morgan fingerprint density at radius 3 is 2.98 bits per heavy atom. The van der Waals surface area contributed by atoms with Crippen molar-refractivity contribution in [3.05, 3.63) is 63.0 Å². The molecule has 8 rings (SSSR count). The van der Waals surface area contributed by atoms with Crippen LogP contribution in [0.3, 0.4) is 0 Å². The molecule has 47 heavy (non-hydrogen) atoms. The summed E-state index contributed by atoms with van der Waals surface area (Å²) in [5, 5.41) is 4.64. The van der Waals surface area contributed by atoms with E-state index in [4.69, 9.17) is 25.0 Å².